The van der Waals surface area contributed by atoms with Crippen LogP contribution >= 0.6 is 0 Å². The van der Waals surface area contributed by atoms with Crippen molar-refractivity contribution in [1.29, 1.82) is 0 Å². The van der Waals surface area contributed by atoms with Gasteiger partial charge in [-0.25, -0.2) is 4.98 Å². The number of methoxy groups -OCH3 is 1. The number of nitrogens with zero attached hydrogens (tertiary/aromatic N) is 2. The van der Waals surface area contributed by atoms with Gasteiger partial charge in [0.25, 0.3) is 0 Å². The Morgan fingerprint density at radius 1 is 1.43 bits per heavy atom. The molecule has 3 rings (SSSR count). The normalized spacial score (nSPS) is 16.1. The largest absolute Gasteiger partial charge is 0.497 e. The van der Waals surface area contributed by atoms with Crippen LogP contribution in [-0.4, -0.2) is 16.7 Å². The number of rotatable bonds is 2. The molecule has 0 aliphatic heterocycles. The molecule has 0 radical (unpaired) electrons. The fourth-order valence-corrected chi connectivity index (χ4v) is 1.78. The SMILES string of the molecule is COc1ccc2ncn(C3CC3)c2c1. The third-order valence-electron chi connectivity index (χ3n) is 2.72. The van der Waals surface area contributed by atoms with Crippen molar-refractivity contribution in [2.24, 2.45) is 0 Å². The molecule has 3 nitrogen and oxygen atoms in total. The van der Waals surface area contributed by atoms with E-state index in [4.69, 9.17) is 4.74 Å². The van der Waals surface area contributed by atoms with Crippen LogP contribution in [0.4, 0.5) is 0 Å². The summed E-state index contributed by atoms with van der Waals surface area (Å²) in [7, 11) is 1.69. The maximum atomic E-state index is 5.21. The summed E-state index contributed by atoms with van der Waals surface area (Å²) < 4.78 is 7.45. The number of benzene rings is 1. The average molecular weight is 188 g/mol. The molecular weight excluding hydrogens is 176 g/mol. The zero-order valence-corrected chi connectivity index (χ0v) is 8.10. The average Bonchev–Trinajstić information content (AvgIpc) is 2.98. The van der Waals surface area contributed by atoms with Crippen molar-refractivity contribution in [3.05, 3.63) is 24.5 Å². The van der Waals surface area contributed by atoms with Gasteiger partial charge in [-0.05, 0) is 25.0 Å². The topological polar surface area (TPSA) is 27.1 Å². The lowest BCUT2D eigenvalue weighted by molar-refractivity contribution is 0.415. The van der Waals surface area contributed by atoms with Crippen LogP contribution in [0.25, 0.3) is 11.0 Å². The van der Waals surface area contributed by atoms with Crippen LogP contribution in [-0.2, 0) is 0 Å². The molecule has 0 N–H and O–H groups in total. The molecule has 0 bridgehead atoms. The Kier molecular flexibility index (Phi) is 1.54. The Hall–Kier alpha value is -1.51. The quantitative estimate of drug-likeness (QED) is 0.723. The number of hydrogen-bond acceptors (Lipinski definition) is 2. The van der Waals surface area contributed by atoms with Gasteiger partial charge in [0.05, 0.1) is 24.5 Å². The van der Waals surface area contributed by atoms with E-state index < -0.39 is 0 Å². The lowest BCUT2D eigenvalue weighted by atomic mass is 10.3. The van der Waals surface area contributed by atoms with Crippen LogP contribution in [0.5, 0.6) is 5.75 Å². The standard InChI is InChI=1S/C11H12N2O/c1-14-9-4-5-10-11(6-9)13(7-12-10)8-2-3-8/h4-8H,2-3H2,1H3. The second kappa shape index (κ2) is 2.74. The number of fused-ring (bicyclic) bond motifs is 1. The van der Waals surface area contributed by atoms with E-state index in [9.17, 15) is 0 Å². The van der Waals surface area contributed by atoms with Gasteiger partial charge in [-0.1, -0.05) is 0 Å². The summed E-state index contributed by atoms with van der Waals surface area (Å²) in [5.74, 6) is 0.903. The summed E-state index contributed by atoms with van der Waals surface area (Å²) in [4.78, 5) is 4.36. The van der Waals surface area contributed by atoms with Crippen LogP contribution in [0.2, 0.25) is 0 Å². The molecule has 1 aliphatic carbocycles. The van der Waals surface area contributed by atoms with Crippen LogP contribution < -0.4 is 4.74 Å². The van der Waals surface area contributed by atoms with E-state index in [-0.39, 0.29) is 0 Å². The Morgan fingerprint density at radius 2 is 2.29 bits per heavy atom. The van der Waals surface area contributed by atoms with Gasteiger partial charge < -0.3 is 9.30 Å². The van der Waals surface area contributed by atoms with Crippen molar-refractivity contribution in [3.63, 3.8) is 0 Å². The molecule has 14 heavy (non-hydrogen) atoms. The summed E-state index contributed by atoms with van der Waals surface area (Å²) in [6, 6.07) is 6.69. The smallest absolute Gasteiger partial charge is 0.121 e. The molecular formula is C11H12N2O. The van der Waals surface area contributed by atoms with Gasteiger partial charge in [0.1, 0.15) is 5.75 Å². The highest BCUT2D eigenvalue weighted by Crippen LogP contribution is 2.37. The second-order valence-electron chi connectivity index (χ2n) is 3.74. The van der Waals surface area contributed by atoms with Gasteiger partial charge >= 0.3 is 0 Å². The van der Waals surface area contributed by atoms with Crippen LogP contribution in [0.15, 0.2) is 24.5 Å². The predicted molar refractivity (Wildman–Crippen MR) is 54.6 cm³/mol. The maximum Gasteiger partial charge on any atom is 0.121 e. The van der Waals surface area contributed by atoms with Crippen molar-refractivity contribution < 1.29 is 4.74 Å². The number of ether oxygens (including phenoxy) is 1. The van der Waals surface area contributed by atoms with Crippen LogP contribution in [0.1, 0.15) is 18.9 Å². The lowest BCUT2D eigenvalue weighted by Gasteiger charge is -2.02. The second-order valence-corrected chi connectivity index (χ2v) is 3.74. The summed E-state index contributed by atoms with van der Waals surface area (Å²) in [6.07, 6.45) is 4.49. The first-order chi connectivity index (χ1) is 6.88. The monoisotopic (exact) mass is 188 g/mol. The molecule has 3 heteroatoms. The van der Waals surface area contributed by atoms with E-state index in [0.29, 0.717) is 6.04 Å². The summed E-state index contributed by atoms with van der Waals surface area (Å²) in [6.45, 7) is 0. The van der Waals surface area contributed by atoms with Crippen LogP contribution in [0, 0.1) is 0 Å². The number of aromatic nitrogens is 2. The van der Waals surface area contributed by atoms with Crippen molar-refractivity contribution in [2.75, 3.05) is 7.11 Å². The van der Waals surface area contributed by atoms with E-state index in [0.717, 1.165) is 11.3 Å². The van der Waals surface area contributed by atoms with Gasteiger partial charge in [0.2, 0.25) is 0 Å². The highest BCUT2D eigenvalue weighted by atomic mass is 16.5. The van der Waals surface area contributed by atoms with Crippen molar-refractivity contribution >= 4 is 11.0 Å². The highest BCUT2D eigenvalue weighted by molar-refractivity contribution is 5.77. The zero-order valence-electron chi connectivity index (χ0n) is 8.10. The molecule has 72 valence electrons. The maximum absolute atomic E-state index is 5.21. The minimum atomic E-state index is 0.673. The van der Waals surface area contributed by atoms with E-state index in [1.165, 1.54) is 18.4 Å². The molecule has 2 aromatic rings. The van der Waals surface area contributed by atoms with E-state index in [1.54, 1.807) is 7.11 Å². The van der Waals surface area contributed by atoms with Crippen molar-refractivity contribution in [3.8, 4) is 5.75 Å². The Morgan fingerprint density at radius 3 is 3.00 bits per heavy atom. The fraction of sp³-hybridized carbons (Fsp3) is 0.364. The van der Waals surface area contributed by atoms with Gasteiger partial charge in [-0.3, -0.25) is 0 Å². The molecule has 0 unspecified atom stereocenters. The lowest BCUT2D eigenvalue weighted by Crippen LogP contribution is -1.91. The first-order valence-corrected chi connectivity index (χ1v) is 4.89. The Balaban J connectivity index is 2.20. The predicted octanol–water partition coefficient (Wildman–Crippen LogP) is 2.38. The highest BCUT2D eigenvalue weighted by Gasteiger charge is 2.24. The zero-order chi connectivity index (χ0) is 9.54. The molecule has 0 amide bonds. The van der Waals surface area contributed by atoms with E-state index in [1.807, 2.05) is 18.5 Å². The Bertz CT molecular complexity index is 471. The molecule has 1 aliphatic rings. The molecule has 1 fully saturated rings. The fourth-order valence-electron chi connectivity index (χ4n) is 1.78. The Labute approximate surface area is 82.3 Å². The molecule has 0 saturated heterocycles. The molecule has 1 heterocycles. The third kappa shape index (κ3) is 1.09. The van der Waals surface area contributed by atoms with Gasteiger partial charge in [0.15, 0.2) is 0 Å². The molecule has 1 aromatic carbocycles. The minimum absolute atomic E-state index is 0.673. The minimum Gasteiger partial charge on any atom is -0.497 e. The van der Waals surface area contributed by atoms with Gasteiger partial charge in [-0.15, -0.1) is 0 Å². The number of hydrogen-bond donors (Lipinski definition) is 0. The van der Waals surface area contributed by atoms with Gasteiger partial charge in [-0.2, -0.15) is 0 Å². The van der Waals surface area contributed by atoms with Crippen molar-refractivity contribution in [1.82, 2.24) is 9.55 Å². The van der Waals surface area contributed by atoms with Crippen LogP contribution in [0.3, 0.4) is 0 Å². The molecule has 1 saturated carbocycles. The molecule has 1 aromatic heterocycles. The summed E-state index contributed by atoms with van der Waals surface area (Å²) >= 11 is 0. The third-order valence-corrected chi connectivity index (χ3v) is 2.72. The number of imidazole rings is 1. The molecule has 0 atom stereocenters. The van der Waals surface area contributed by atoms with E-state index in [2.05, 4.69) is 15.6 Å². The summed E-state index contributed by atoms with van der Waals surface area (Å²) in [5.41, 5.74) is 2.24. The summed E-state index contributed by atoms with van der Waals surface area (Å²) in [5, 5.41) is 0. The van der Waals surface area contributed by atoms with Crippen molar-refractivity contribution in [2.45, 2.75) is 18.9 Å². The molecule has 0 spiro atoms. The first kappa shape index (κ1) is 7.85. The van der Waals surface area contributed by atoms with E-state index >= 15 is 0 Å². The van der Waals surface area contributed by atoms with Gasteiger partial charge in [0, 0.05) is 12.1 Å². The first-order valence-electron chi connectivity index (χ1n) is 4.89.